The Hall–Kier alpha value is -1.49. The number of benzene rings is 1. The Kier molecular flexibility index (Phi) is 4.85. The summed E-state index contributed by atoms with van der Waals surface area (Å²) in [6, 6.07) is 5.44. The first-order valence-corrected chi connectivity index (χ1v) is 7.54. The van der Waals surface area contributed by atoms with Crippen LogP contribution in [0.5, 0.6) is 0 Å². The fourth-order valence-corrected chi connectivity index (χ4v) is 2.69. The van der Waals surface area contributed by atoms with Crippen LogP contribution < -0.4 is 10.6 Å². The zero-order valence-corrected chi connectivity index (χ0v) is 11.8. The summed E-state index contributed by atoms with van der Waals surface area (Å²) in [6.45, 7) is 2.83. The van der Waals surface area contributed by atoms with Gasteiger partial charge in [0.15, 0.2) is 0 Å². The molecule has 102 valence electrons. The number of hydrogen-bond donors (Lipinski definition) is 2. The number of carbonyl (C=O) groups is 2. The molecule has 0 atom stereocenters. The Balaban J connectivity index is 1.99. The Labute approximate surface area is 117 Å². The molecule has 0 saturated carbocycles. The lowest BCUT2D eigenvalue weighted by Crippen LogP contribution is -2.25. The molecule has 2 rings (SSSR count). The molecule has 1 aromatic rings. The average Bonchev–Trinajstić information content (AvgIpc) is 2.42. The second-order valence-corrected chi connectivity index (χ2v) is 5.53. The van der Waals surface area contributed by atoms with Gasteiger partial charge in [0.05, 0.1) is 11.4 Å². The van der Waals surface area contributed by atoms with Gasteiger partial charge in [-0.2, -0.15) is 0 Å². The van der Waals surface area contributed by atoms with Gasteiger partial charge in [-0.1, -0.05) is 19.8 Å². The molecule has 1 aliphatic rings. The molecule has 0 spiro atoms. The van der Waals surface area contributed by atoms with E-state index in [0.29, 0.717) is 17.9 Å². The van der Waals surface area contributed by atoms with Gasteiger partial charge in [0, 0.05) is 17.0 Å². The molecule has 2 amide bonds. The highest BCUT2D eigenvalue weighted by atomic mass is 32.2. The van der Waals surface area contributed by atoms with Crippen molar-refractivity contribution in [3.05, 3.63) is 23.8 Å². The quantitative estimate of drug-likeness (QED) is 0.814. The molecule has 4 nitrogen and oxygen atoms in total. The van der Waals surface area contributed by atoms with E-state index in [0.717, 1.165) is 29.8 Å². The standard InChI is InChI=1S/C14H18N2O2S/c1-2-3-4-7-15-14(18)10-5-6-12-11(8-10)16-13(17)9-19-12/h5-6,8H,2-4,7,9H2,1H3,(H,15,18)(H,16,17). The monoisotopic (exact) mass is 278 g/mol. The minimum atomic E-state index is -0.0799. The first-order valence-electron chi connectivity index (χ1n) is 6.55. The van der Waals surface area contributed by atoms with Gasteiger partial charge in [-0.25, -0.2) is 0 Å². The van der Waals surface area contributed by atoms with Crippen molar-refractivity contribution in [3.63, 3.8) is 0 Å². The summed E-state index contributed by atoms with van der Waals surface area (Å²) in [7, 11) is 0. The number of nitrogens with one attached hydrogen (secondary N) is 2. The van der Waals surface area contributed by atoms with E-state index in [4.69, 9.17) is 0 Å². The fraction of sp³-hybridized carbons (Fsp3) is 0.429. The van der Waals surface area contributed by atoms with Crippen molar-refractivity contribution in [1.82, 2.24) is 5.32 Å². The van der Waals surface area contributed by atoms with Crippen LogP contribution in [0.2, 0.25) is 0 Å². The summed E-state index contributed by atoms with van der Waals surface area (Å²) >= 11 is 1.50. The number of amides is 2. The third-order valence-electron chi connectivity index (χ3n) is 2.94. The van der Waals surface area contributed by atoms with Gasteiger partial charge in [-0.3, -0.25) is 9.59 Å². The Morgan fingerprint density at radius 2 is 2.26 bits per heavy atom. The topological polar surface area (TPSA) is 58.2 Å². The van der Waals surface area contributed by atoms with Gasteiger partial charge >= 0.3 is 0 Å². The van der Waals surface area contributed by atoms with Gasteiger partial charge < -0.3 is 10.6 Å². The molecule has 0 bridgehead atoms. The second-order valence-electron chi connectivity index (χ2n) is 4.51. The van der Waals surface area contributed by atoms with E-state index >= 15 is 0 Å². The molecule has 1 heterocycles. The van der Waals surface area contributed by atoms with E-state index in [1.807, 2.05) is 6.07 Å². The van der Waals surface area contributed by atoms with E-state index < -0.39 is 0 Å². The van der Waals surface area contributed by atoms with Crippen LogP contribution in [0.1, 0.15) is 36.5 Å². The highest BCUT2D eigenvalue weighted by molar-refractivity contribution is 8.00. The summed E-state index contributed by atoms with van der Waals surface area (Å²) in [6.07, 6.45) is 3.26. The lowest BCUT2D eigenvalue weighted by atomic mass is 10.1. The third kappa shape index (κ3) is 3.73. The van der Waals surface area contributed by atoms with Gasteiger partial charge in [-0.15, -0.1) is 11.8 Å². The molecule has 19 heavy (non-hydrogen) atoms. The molecule has 5 heteroatoms. The summed E-state index contributed by atoms with van der Waals surface area (Å²) in [4.78, 5) is 24.3. The van der Waals surface area contributed by atoms with E-state index in [9.17, 15) is 9.59 Å². The predicted molar refractivity (Wildman–Crippen MR) is 77.7 cm³/mol. The van der Waals surface area contributed by atoms with Crippen molar-refractivity contribution in [2.75, 3.05) is 17.6 Å². The van der Waals surface area contributed by atoms with E-state index in [1.165, 1.54) is 11.8 Å². The maximum atomic E-state index is 11.9. The minimum absolute atomic E-state index is 0.0157. The van der Waals surface area contributed by atoms with Crippen molar-refractivity contribution < 1.29 is 9.59 Å². The molecule has 0 unspecified atom stereocenters. The summed E-state index contributed by atoms with van der Waals surface area (Å²) in [5.41, 5.74) is 1.33. The Morgan fingerprint density at radius 3 is 3.05 bits per heavy atom. The molecular weight excluding hydrogens is 260 g/mol. The first kappa shape index (κ1) is 13.9. The highest BCUT2D eigenvalue weighted by Gasteiger charge is 2.17. The first-order chi connectivity index (χ1) is 9.20. The van der Waals surface area contributed by atoms with Crippen LogP contribution in [0.4, 0.5) is 5.69 Å². The molecule has 0 fully saturated rings. The molecule has 0 saturated heterocycles. The minimum Gasteiger partial charge on any atom is -0.352 e. The molecule has 1 aromatic carbocycles. The molecule has 0 aromatic heterocycles. The second kappa shape index (κ2) is 6.61. The maximum absolute atomic E-state index is 11.9. The van der Waals surface area contributed by atoms with E-state index in [1.54, 1.807) is 12.1 Å². The fourth-order valence-electron chi connectivity index (χ4n) is 1.90. The Morgan fingerprint density at radius 1 is 1.42 bits per heavy atom. The van der Waals surface area contributed by atoms with Crippen molar-refractivity contribution in [1.29, 1.82) is 0 Å². The summed E-state index contributed by atoms with van der Waals surface area (Å²) in [5, 5.41) is 5.69. The number of anilines is 1. The van der Waals surface area contributed by atoms with Crippen LogP contribution >= 0.6 is 11.8 Å². The van der Waals surface area contributed by atoms with Crippen LogP contribution in [0.15, 0.2) is 23.1 Å². The number of hydrogen-bond acceptors (Lipinski definition) is 3. The largest absolute Gasteiger partial charge is 0.352 e. The molecule has 0 radical (unpaired) electrons. The lowest BCUT2D eigenvalue weighted by molar-refractivity contribution is -0.113. The highest BCUT2D eigenvalue weighted by Crippen LogP contribution is 2.31. The van der Waals surface area contributed by atoms with Crippen LogP contribution in [0, 0.1) is 0 Å². The molecule has 2 N–H and O–H groups in total. The number of fused-ring (bicyclic) bond motifs is 1. The summed E-state index contributed by atoms with van der Waals surface area (Å²) in [5.74, 6) is 0.344. The molecule has 1 aliphatic heterocycles. The number of carbonyl (C=O) groups excluding carboxylic acids is 2. The van der Waals surface area contributed by atoms with Crippen molar-refractivity contribution >= 4 is 29.3 Å². The number of unbranched alkanes of at least 4 members (excludes halogenated alkanes) is 2. The van der Waals surface area contributed by atoms with Crippen LogP contribution in [-0.4, -0.2) is 24.1 Å². The van der Waals surface area contributed by atoms with Gasteiger partial charge in [0.1, 0.15) is 0 Å². The number of rotatable bonds is 5. The van der Waals surface area contributed by atoms with Gasteiger partial charge in [-0.05, 0) is 24.6 Å². The van der Waals surface area contributed by atoms with Crippen molar-refractivity contribution in [2.24, 2.45) is 0 Å². The SMILES string of the molecule is CCCCCNC(=O)c1ccc2c(c1)NC(=O)CS2. The van der Waals surface area contributed by atoms with E-state index in [2.05, 4.69) is 17.6 Å². The average molecular weight is 278 g/mol. The number of thioether (sulfide) groups is 1. The van der Waals surface area contributed by atoms with Crippen LogP contribution in [-0.2, 0) is 4.79 Å². The zero-order chi connectivity index (χ0) is 13.7. The zero-order valence-electron chi connectivity index (χ0n) is 11.0. The molecular formula is C14H18N2O2S. The van der Waals surface area contributed by atoms with Crippen LogP contribution in [0.3, 0.4) is 0 Å². The normalized spacial score (nSPS) is 13.6. The van der Waals surface area contributed by atoms with Gasteiger partial charge in [0.25, 0.3) is 5.91 Å². The predicted octanol–water partition coefficient (Wildman–Crippen LogP) is 2.65. The van der Waals surface area contributed by atoms with E-state index in [-0.39, 0.29) is 11.8 Å². The Bertz CT molecular complexity index is 488. The van der Waals surface area contributed by atoms with Crippen molar-refractivity contribution in [2.45, 2.75) is 31.1 Å². The molecule has 0 aliphatic carbocycles. The van der Waals surface area contributed by atoms with Gasteiger partial charge in [0.2, 0.25) is 5.91 Å². The van der Waals surface area contributed by atoms with Crippen LogP contribution in [0.25, 0.3) is 0 Å². The lowest BCUT2D eigenvalue weighted by Gasteiger charge is -2.16. The third-order valence-corrected chi connectivity index (χ3v) is 4.01. The van der Waals surface area contributed by atoms with Crippen molar-refractivity contribution in [3.8, 4) is 0 Å². The smallest absolute Gasteiger partial charge is 0.251 e. The summed E-state index contributed by atoms with van der Waals surface area (Å²) < 4.78 is 0. The maximum Gasteiger partial charge on any atom is 0.251 e.